The highest BCUT2D eigenvalue weighted by molar-refractivity contribution is 5.08. The molecule has 3 heteroatoms. The molecule has 0 aliphatic rings. The second-order valence-corrected chi connectivity index (χ2v) is 5.29. The number of hydrogen-bond acceptors (Lipinski definition) is 2. The lowest BCUT2D eigenvalue weighted by atomic mass is 9.95. The maximum absolute atomic E-state index is 3.29. The molecule has 1 rings (SSSR count). The Morgan fingerprint density at radius 2 is 2.18 bits per heavy atom. The van der Waals surface area contributed by atoms with Gasteiger partial charge in [0.25, 0.3) is 0 Å². The van der Waals surface area contributed by atoms with Crippen molar-refractivity contribution in [3.8, 4) is 0 Å². The van der Waals surface area contributed by atoms with Crippen LogP contribution in [0.4, 0.5) is 0 Å². The predicted molar refractivity (Wildman–Crippen MR) is 74.2 cm³/mol. The highest BCUT2D eigenvalue weighted by Gasteiger charge is 2.14. The Bertz CT molecular complexity index is 280. The van der Waals surface area contributed by atoms with E-state index in [9.17, 15) is 0 Å². The third-order valence-corrected chi connectivity index (χ3v) is 3.40. The molecule has 0 fully saturated rings. The Morgan fingerprint density at radius 1 is 1.41 bits per heavy atom. The molecule has 0 amide bonds. The smallest absolute Gasteiger partial charge is 0.00378 e. The summed E-state index contributed by atoms with van der Waals surface area (Å²) in [6.07, 6.45) is 5.21. The van der Waals surface area contributed by atoms with E-state index < -0.39 is 0 Å². The number of hydrogen-bond donors (Lipinski definition) is 2. The number of nitrogens with one attached hydrogen (secondary N) is 2. The van der Waals surface area contributed by atoms with Gasteiger partial charge in [0.1, 0.15) is 0 Å². The fraction of sp³-hybridized carbons (Fsp3) is 0.714. The first kappa shape index (κ1) is 14.3. The number of likely N-dealkylation sites (N-methyl/N-ethyl adjacent to an activating group) is 1. The largest absolute Gasteiger partial charge is 0.367 e. The van der Waals surface area contributed by atoms with E-state index in [1.54, 1.807) is 0 Å². The molecular formula is C14H27N3. The average Bonchev–Trinajstić information content (AvgIpc) is 2.78. The van der Waals surface area contributed by atoms with Crippen molar-refractivity contribution < 1.29 is 0 Å². The summed E-state index contributed by atoms with van der Waals surface area (Å²) >= 11 is 0. The third-order valence-electron chi connectivity index (χ3n) is 3.40. The maximum atomic E-state index is 3.29. The van der Waals surface area contributed by atoms with Crippen LogP contribution in [0.3, 0.4) is 0 Å². The first-order valence-corrected chi connectivity index (χ1v) is 6.58. The Hall–Kier alpha value is -0.800. The van der Waals surface area contributed by atoms with Crippen LogP contribution in [-0.4, -0.2) is 43.6 Å². The third kappa shape index (κ3) is 5.37. The number of nitrogens with zero attached hydrogens (tertiary/aromatic N) is 1. The molecule has 98 valence electrons. The van der Waals surface area contributed by atoms with Crippen molar-refractivity contribution in [1.82, 2.24) is 15.2 Å². The zero-order chi connectivity index (χ0) is 12.7. The van der Waals surface area contributed by atoms with Crippen molar-refractivity contribution in [1.29, 1.82) is 0 Å². The number of rotatable bonds is 8. The van der Waals surface area contributed by atoms with Gasteiger partial charge in [-0.2, -0.15) is 0 Å². The lowest BCUT2D eigenvalue weighted by Crippen LogP contribution is -2.35. The average molecular weight is 237 g/mol. The van der Waals surface area contributed by atoms with Crippen LogP contribution in [0, 0.1) is 11.8 Å². The van der Waals surface area contributed by atoms with Crippen LogP contribution in [0.5, 0.6) is 0 Å². The fourth-order valence-corrected chi connectivity index (χ4v) is 2.10. The molecule has 1 unspecified atom stereocenters. The standard InChI is InChI=1S/C14H27N3/c1-12(2)14(10-15-3)11-17(4)8-6-13-5-7-16-9-13/h5,7,9,12,14-16H,6,8,10-11H2,1-4H3. The van der Waals surface area contributed by atoms with Crippen LogP contribution in [0.1, 0.15) is 19.4 Å². The zero-order valence-corrected chi connectivity index (χ0v) is 11.7. The molecule has 0 radical (unpaired) electrons. The molecule has 1 heterocycles. The van der Waals surface area contributed by atoms with Crippen LogP contribution in [-0.2, 0) is 6.42 Å². The highest BCUT2D eigenvalue weighted by atomic mass is 15.1. The first-order chi connectivity index (χ1) is 8.13. The van der Waals surface area contributed by atoms with Crippen LogP contribution in [0.2, 0.25) is 0 Å². The van der Waals surface area contributed by atoms with Crippen molar-refractivity contribution in [2.75, 3.05) is 33.7 Å². The summed E-state index contributed by atoms with van der Waals surface area (Å²) in [6, 6.07) is 2.15. The molecule has 1 aromatic rings. The van der Waals surface area contributed by atoms with Gasteiger partial charge in [0.15, 0.2) is 0 Å². The Morgan fingerprint density at radius 3 is 2.71 bits per heavy atom. The predicted octanol–water partition coefficient (Wildman–Crippen LogP) is 1.98. The number of H-pyrrole nitrogens is 1. The minimum Gasteiger partial charge on any atom is -0.367 e. The Balaban J connectivity index is 2.29. The second-order valence-electron chi connectivity index (χ2n) is 5.29. The summed E-state index contributed by atoms with van der Waals surface area (Å²) in [5.41, 5.74) is 1.39. The van der Waals surface area contributed by atoms with Gasteiger partial charge in [-0.1, -0.05) is 13.8 Å². The monoisotopic (exact) mass is 237 g/mol. The SMILES string of the molecule is CNCC(CN(C)CCc1cc[nH]c1)C(C)C. The molecule has 1 atom stereocenters. The minimum atomic E-state index is 0.733. The van der Waals surface area contributed by atoms with Crippen molar-refractivity contribution in [2.45, 2.75) is 20.3 Å². The van der Waals surface area contributed by atoms with Gasteiger partial charge in [-0.25, -0.2) is 0 Å². The lowest BCUT2D eigenvalue weighted by molar-refractivity contribution is 0.235. The van der Waals surface area contributed by atoms with Crippen LogP contribution in [0.25, 0.3) is 0 Å². The van der Waals surface area contributed by atoms with Crippen molar-refractivity contribution in [3.63, 3.8) is 0 Å². The van der Waals surface area contributed by atoms with E-state index >= 15 is 0 Å². The summed E-state index contributed by atoms with van der Waals surface area (Å²) in [5, 5.41) is 3.29. The molecule has 2 N–H and O–H groups in total. The van der Waals surface area contributed by atoms with Gasteiger partial charge in [0.2, 0.25) is 0 Å². The maximum Gasteiger partial charge on any atom is 0.00378 e. The van der Waals surface area contributed by atoms with Gasteiger partial charge >= 0.3 is 0 Å². The molecule has 0 aliphatic heterocycles. The van der Waals surface area contributed by atoms with Crippen molar-refractivity contribution in [3.05, 3.63) is 24.0 Å². The fourth-order valence-electron chi connectivity index (χ4n) is 2.10. The molecule has 0 bridgehead atoms. The van der Waals surface area contributed by atoms with Crippen LogP contribution < -0.4 is 5.32 Å². The van der Waals surface area contributed by atoms with Gasteiger partial charge in [0, 0.05) is 25.5 Å². The molecule has 17 heavy (non-hydrogen) atoms. The van der Waals surface area contributed by atoms with E-state index in [4.69, 9.17) is 0 Å². The Labute approximate surface area is 106 Å². The summed E-state index contributed by atoms with van der Waals surface area (Å²) in [5.74, 6) is 1.47. The van der Waals surface area contributed by atoms with Crippen molar-refractivity contribution in [2.24, 2.45) is 11.8 Å². The van der Waals surface area contributed by atoms with Crippen LogP contribution in [0.15, 0.2) is 18.5 Å². The van der Waals surface area contributed by atoms with E-state index in [2.05, 4.69) is 48.4 Å². The molecule has 0 aliphatic carbocycles. The lowest BCUT2D eigenvalue weighted by Gasteiger charge is -2.26. The van der Waals surface area contributed by atoms with Gasteiger partial charge in [0.05, 0.1) is 0 Å². The van der Waals surface area contributed by atoms with Gasteiger partial charge in [-0.15, -0.1) is 0 Å². The van der Waals surface area contributed by atoms with Gasteiger partial charge < -0.3 is 15.2 Å². The van der Waals surface area contributed by atoms with E-state index in [1.807, 2.05) is 13.2 Å². The van der Waals surface area contributed by atoms with Gasteiger partial charge in [-0.3, -0.25) is 0 Å². The molecule has 3 nitrogen and oxygen atoms in total. The summed E-state index contributed by atoms with van der Waals surface area (Å²) in [4.78, 5) is 5.54. The zero-order valence-electron chi connectivity index (χ0n) is 11.7. The molecule has 1 aromatic heterocycles. The van der Waals surface area contributed by atoms with Gasteiger partial charge in [-0.05, 0) is 50.5 Å². The number of aromatic nitrogens is 1. The normalized spacial score (nSPS) is 13.5. The topological polar surface area (TPSA) is 31.1 Å². The van der Waals surface area contributed by atoms with E-state index in [0.29, 0.717) is 0 Å². The van der Waals surface area contributed by atoms with Crippen molar-refractivity contribution >= 4 is 0 Å². The Kier molecular flexibility index (Phi) is 6.30. The summed E-state index contributed by atoms with van der Waals surface area (Å²) in [6.45, 7) is 8.02. The van der Waals surface area contributed by atoms with E-state index in [0.717, 1.165) is 31.3 Å². The quantitative estimate of drug-likeness (QED) is 0.724. The van der Waals surface area contributed by atoms with Crippen LogP contribution >= 0.6 is 0 Å². The number of aromatic amines is 1. The van der Waals surface area contributed by atoms with E-state index in [-0.39, 0.29) is 0 Å². The molecule has 0 aromatic carbocycles. The molecule has 0 saturated carbocycles. The highest BCUT2D eigenvalue weighted by Crippen LogP contribution is 2.11. The first-order valence-electron chi connectivity index (χ1n) is 6.58. The van der Waals surface area contributed by atoms with E-state index in [1.165, 1.54) is 12.1 Å². The summed E-state index contributed by atoms with van der Waals surface area (Å²) < 4.78 is 0. The summed E-state index contributed by atoms with van der Waals surface area (Å²) in [7, 11) is 4.26. The molecular weight excluding hydrogens is 210 g/mol. The minimum absolute atomic E-state index is 0.733. The molecule has 0 saturated heterocycles. The second kappa shape index (κ2) is 7.51. The molecule has 0 spiro atoms.